The predicted octanol–water partition coefficient (Wildman–Crippen LogP) is 2.76. The molecule has 0 radical (unpaired) electrons. The van der Waals surface area contributed by atoms with Gasteiger partial charge in [-0.3, -0.25) is 4.79 Å². The van der Waals surface area contributed by atoms with Crippen LogP contribution >= 0.6 is 0 Å². The molecular weight excluding hydrogens is 338 g/mol. The number of H-pyrrole nitrogens is 1. The van der Waals surface area contributed by atoms with Crippen LogP contribution in [0.15, 0.2) is 54.7 Å². The fourth-order valence-corrected chi connectivity index (χ4v) is 3.86. The lowest BCUT2D eigenvalue weighted by Crippen LogP contribution is -2.56. The first kappa shape index (κ1) is 17.6. The topological polar surface area (TPSA) is 57.4 Å². The minimum Gasteiger partial charge on any atom is -0.496 e. The lowest BCUT2D eigenvalue weighted by molar-refractivity contribution is -0.135. The lowest BCUT2D eigenvalue weighted by atomic mass is 10.0. The average molecular weight is 363 g/mol. The number of hydrogen-bond donors (Lipinski definition) is 2. The first-order valence-corrected chi connectivity index (χ1v) is 9.45. The number of rotatable bonds is 6. The van der Waals surface area contributed by atoms with E-state index in [0.29, 0.717) is 13.0 Å². The number of benzene rings is 2. The Balaban J connectivity index is 1.43. The molecule has 1 fully saturated rings. The molecule has 0 aliphatic carbocycles. The molecule has 0 unspecified atom stereocenters. The van der Waals surface area contributed by atoms with Gasteiger partial charge in [0, 0.05) is 36.7 Å². The zero-order valence-corrected chi connectivity index (χ0v) is 15.6. The van der Waals surface area contributed by atoms with Crippen LogP contribution in [0.2, 0.25) is 0 Å². The molecule has 2 N–H and O–H groups in total. The quantitative estimate of drug-likeness (QED) is 0.708. The Morgan fingerprint density at radius 2 is 1.93 bits per heavy atom. The summed E-state index contributed by atoms with van der Waals surface area (Å²) < 4.78 is 5.42. The number of nitrogens with zero attached hydrogens (tertiary/aromatic N) is 1. The number of fused-ring (bicyclic) bond motifs is 1. The van der Waals surface area contributed by atoms with E-state index in [2.05, 4.69) is 28.5 Å². The van der Waals surface area contributed by atoms with Crippen LogP contribution in [0.3, 0.4) is 0 Å². The van der Waals surface area contributed by atoms with Crippen molar-refractivity contribution in [1.82, 2.24) is 15.2 Å². The van der Waals surface area contributed by atoms with Crippen LogP contribution in [0, 0.1) is 0 Å². The number of aromatic amines is 1. The van der Waals surface area contributed by atoms with Gasteiger partial charge in [0.1, 0.15) is 5.75 Å². The van der Waals surface area contributed by atoms with Crippen LogP contribution in [0.5, 0.6) is 5.75 Å². The second-order valence-electron chi connectivity index (χ2n) is 6.96. The molecule has 1 aromatic heterocycles. The second-order valence-corrected chi connectivity index (χ2v) is 6.96. The summed E-state index contributed by atoms with van der Waals surface area (Å²) in [6.45, 7) is 2.29. The van der Waals surface area contributed by atoms with Crippen molar-refractivity contribution in [2.45, 2.75) is 18.9 Å². The van der Waals surface area contributed by atoms with Crippen LogP contribution in [0.1, 0.15) is 11.1 Å². The summed E-state index contributed by atoms with van der Waals surface area (Å²) in [6.07, 6.45) is 3.52. The van der Waals surface area contributed by atoms with Gasteiger partial charge in [-0.25, -0.2) is 0 Å². The van der Waals surface area contributed by atoms with Gasteiger partial charge in [0.15, 0.2) is 0 Å². The molecule has 2 aromatic carbocycles. The molecule has 140 valence electrons. The van der Waals surface area contributed by atoms with Crippen molar-refractivity contribution in [2.75, 3.05) is 26.7 Å². The Morgan fingerprint density at radius 3 is 2.81 bits per heavy atom. The van der Waals surface area contributed by atoms with Gasteiger partial charge in [0.2, 0.25) is 5.91 Å². The van der Waals surface area contributed by atoms with Crippen LogP contribution < -0.4 is 10.1 Å². The number of hydrogen-bond acceptors (Lipinski definition) is 3. The summed E-state index contributed by atoms with van der Waals surface area (Å²) in [7, 11) is 1.69. The predicted molar refractivity (Wildman–Crippen MR) is 107 cm³/mol. The number of ether oxygens (including phenoxy) is 1. The van der Waals surface area contributed by atoms with Gasteiger partial charge in [-0.15, -0.1) is 0 Å². The first-order valence-electron chi connectivity index (χ1n) is 9.45. The maximum absolute atomic E-state index is 13.0. The highest BCUT2D eigenvalue weighted by Crippen LogP contribution is 2.21. The Hall–Kier alpha value is -2.79. The highest BCUT2D eigenvalue weighted by atomic mass is 16.5. The summed E-state index contributed by atoms with van der Waals surface area (Å²) in [5.41, 5.74) is 3.44. The molecule has 1 amide bonds. The number of methoxy groups -OCH3 is 1. The Morgan fingerprint density at radius 1 is 1.11 bits per heavy atom. The van der Waals surface area contributed by atoms with Crippen molar-refractivity contribution in [3.8, 4) is 5.75 Å². The van der Waals surface area contributed by atoms with Crippen LogP contribution in [0.4, 0.5) is 0 Å². The van der Waals surface area contributed by atoms with Gasteiger partial charge < -0.3 is 19.9 Å². The summed E-state index contributed by atoms with van der Waals surface area (Å²) in [6, 6.07) is 16.1. The number of aromatic nitrogens is 1. The van der Waals surface area contributed by atoms with Crippen LogP contribution in [-0.2, 0) is 17.6 Å². The SMILES string of the molecule is COc1ccccc1CCN1CCN[C@@H](Cc2c[nH]c3ccccc23)C1=O. The van der Waals surface area contributed by atoms with Gasteiger partial charge in [-0.2, -0.15) is 0 Å². The molecule has 5 nitrogen and oxygen atoms in total. The Bertz CT molecular complexity index is 934. The number of carbonyl (C=O) groups excluding carboxylic acids is 1. The number of para-hydroxylation sites is 2. The number of amides is 1. The molecule has 1 atom stereocenters. The molecule has 0 bridgehead atoms. The van der Waals surface area contributed by atoms with Gasteiger partial charge in [-0.1, -0.05) is 36.4 Å². The van der Waals surface area contributed by atoms with E-state index < -0.39 is 0 Å². The van der Waals surface area contributed by atoms with Gasteiger partial charge in [0.25, 0.3) is 0 Å². The molecular formula is C22H25N3O2. The van der Waals surface area contributed by atoms with Gasteiger partial charge in [0.05, 0.1) is 13.2 Å². The third-order valence-corrected chi connectivity index (χ3v) is 5.32. The van der Waals surface area contributed by atoms with E-state index in [4.69, 9.17) is 4.74 Å². The molecule has 27 heavy (non-hydrogen) atoms. The van der Waals surface area contributed by atoms with Crippen molar-refractivity contribution < 1.29 is 9.53 Å². The number of nitrogens with one attached hydrogen (secondary N) is 2. The molecule has 3 aromatic rings. The normalized spacial score (nSPS) is 17.4. The Labute approximate surface area is 159 Å². The third-order valence-electron chi connectivity index (χ3n) is 5.32. The van der Waals surface area contributed by atoms with Crippen LogP contribution in [0.25, 0.3) is 10.9 Å². The molecule has 4 rings (SSSR count). The number of piperazine rings is 1. The highest BCUT2D eigenvalue weighted by Gasteiger charge is 2.28. The minimum atomic E-state index is -0.171. The zero-order valence-electron chi connectivity index (χ0n) is 15.6. The third kappa shape index (κ3) is 3.69. The largest absolute Gasteiger partial charge is 0.496 e. The smallest absolute Gasteiger partial charge is 0.240 e. The van der Waals surface area contributed by atoms with Crippen molar-refractivity contribution in [2.24, 2.45) is 0 Å². The van der Waals surface area contributed by atoms with E-state index in [0.717, 1.165) is 36.3 Å². The zero-order chi connectivity index (χ0) is 18.6. The summed E-state index contributed by atoms with van der Waals surface area (Å²) >= 11 is 0. The van der Waals surface area contributed by atoms with Crippen LogP contribution in [-0.4, -0.2) is 48.6 Å². The molecule has 0 spiro atoms. The lowest BCUT2D eigenvalue weighted by Gasteiger charge is -2.33. The molecule has 1 saturated heterocycles. The van der Waals surface area contributed by atoms with Gasteiger partial charge >= 0.3 is 0 Å². The van der Waals surface area contributed by atoms with Crippen molar-refractivity contribution in [3.63, 3.8) is 0 Å². The van der Waals surface area contributed by atoms with Crippen molar-refractivity contribution >= 4 is 16.8 Å². The highest BCUT2D eigenvalue weighted by molar-refractivity contribution is 5.86. The Kier molecular flexibility index (Phi) is 5.12. The van der Waals surface area contributed by atoms with Gasteiger partial charge in [-0.05, 0) is 36.1 Å². The monoisotopic (exact) mass is 363 g/mol. The van der Waals surface area contributed by atoms with E-state index in [1.54, 1.807) is 7.11 Å². The molecule has 2 heterocycles. The van der Waals surface area contributed by atoms with Crippen molar-refractivity contribution in [3.05, 3.63) is 65.9 Å². The maximum Gasteiger partial charge on any atom is 0.240 e. The van der Waals surface area contributed by atoms with E-state index in [9.17, 15) is 4.79 Å². The minimum absolute atomic E-state index is 0.171. The molecule has 1 aliphatic rings. The number of carbonyl (C=O) groups is 1. The molecule has 5 heteroatoms. The summed E-state index contributed by atoms with van der Waals surface area (Å²) in [5, 5.41) is 4.59. The first-order chi connectivity index (χ1) is 13.3. The summed E-state index contributed by atoms with van der Waals surface area (Å²) in [4.78, 5) is 18.3. The van der Waals surface area contributed by atoms with E-state index in [1.165, 1.54) is 10.9 Å². The standard InChI is InChI=1S/C22H25N3O2/c1-27-21-9-5-2-6-16(21)10-12-25-13-11-23-20(22(25)26)14-17-15-24-19-8-4-3-7-18(17)19/h2-9,15,20,23-24H,10-14H2,1H3/t20-/m0/s1. The average Bonchev–Trinajstić information content (AvgIpc) is 3.12. The van der Waals surface area contributed by atoms with Crippen molar-refractivity contribution in [1.29, 1.82) is 0 Å². The fraction of sp³-hybridized carbons (Fsp3) is 0.318. The van der Waals surface area contributed by atoms with E-state index in [1.807, 2.05) is 41.4 Å². The summed E-state index contributed by atoms with van der Waals surface area (Å²) in [5.74, 6) is 1.07. The second kappa shape index (κ2) is 7.84. The fourth-order valence-electron chi connectivity index (χ4n) is 3.86. The van der Waals surface area contributed by atoms with E-state index >= 15 is 0 Å². The van der Waals surface area contributed by atoms with E-state index in [-0.39, 0.29) is 11.9 Å². The maximum atomic E-state index is 13.0. The molecule has 0 saturated carbocycles. The molecule has 1 aliphatic heterocycles.